The highest BCUT2D eigenvalue weighted by Gasteiger charge is 2.41. The van der Waals surface area contributed by atoms with E-state index in [4.69, 9.17) is 23.2 Å². The highest BCUT2D eigenvalue weighted by Crippen LogP contribution is 2.45. The molecular formula is C27H28Cl2N4O5. The van der Waals surface area contributed by atoms with Gasteiger partial charge in [-0.3, -0.25) is 9.78 Å². The van der Waals surface area contributed by atoms with Gasteiger partial charge in [0.2, 0.25) is 5.91 Å². The van der Waals surface area contributed by atoms with Crippen LogP contribution in [0.3, 0.4) is 0 Å². The predicted molar refractivity (Wildman–Crippen MR) is 143 cm³/mol. The van der Waals surface area contributed by atoms with E-state index in [0.29, 0.717) is 32.6 Å². The second-order valence-corrected chi connectivity index (χ2v) is 10.1. The lowest BCUT2D eigenvalue weighted by Gasteiger charge is -2.35. The molecule has 2 aliphatic rings. The first-order chi connectivity index (χ1) is 18.2. The van der Waals surface area contributed by atoms with Crippen LogP contribution in [0.4, 0.5) is 0 Å². The largest absolute Gasteiger partial charge is 0.478 e. The Labute approximate surface area is 230 Å². The fourth-order valence-corrected chi connectivity index (χ4v) is 5.46. The monoisotopic (exact) mass is 558 g/mol. The molecule has 1 aromatic heterocycles. The first-order valence-corrected chi connectivity index (χ1v) is 12.9. The van der Waals surface area contributed by atoms with E-state index in [1.165, 1.54) is 12.1 Å². The minimum absolute atomic E-state index is 0.128. The number of nitrogens with one attached hydrogen (secondary N) is 1. The first-order valence-electron chi connectivity index (χ1n) is 12.2. The number of aryl methyl sites for hydroxylation is 1. The van der Waals surface area contributed by atoms with Gasteiger partial charge in [0, 0.05) is 65.1 Å². The van der Waals surface area contributed by atoms with E-state index < -0.39 is 17.9 Å². The topological polar surface area (TPSA) is 123 Å². The fourth-order valence-electron chi connectivity index (χ4n) is 4.84. The number of likely N-dealkylation sites (N-methyl/N-ethyl adjacent to an activating group) is 1. The van der Waals surface area contributed by atoms with Gasteiger partial charge in [0.15, 0.2) is 0 Å². The van der Waals surface area contributed by atoms with Crippen molar-refractivity contribution in [2.75, 3.05) is 33.2 Å². The number of benzene rings is 1. The molecule has 3 heterocycles. The van der Waals surface area contributed by atoms with Crippen LogP contribution in [0, 0.1) is 0 Å². The number of hydrogen-bond donors (Lipinski definition) is 3. The third kappa shape index (κ3) is 6.01. The average Bonchev–Trinajstić information content (AvgIpc) is 2.87. The van der Waals surface area contributed by atoms with Crippen molar-refractivity contribution < 1.29 is 24.6 Å². The molecule has 2 aromatic rings. The van der Waals surface area contributed by atoms with Gasteiger partial charge in [-0.25, -0.2) is 9.59 Å². The number of hydrogen-bond acceptors (Lipinski definition) is 6. The number of carboxylic acids is 2. The van der Waals surface area contributed by atoms with E-state index in [2.05, 4.69) is 15.2 Å². The van der Waals surface area contributed by atoms with Crippen LogP contribution >= 0.6 is 23.2 Å². The number of halogens is 2. The van der Waals surface area contributed by atoms with Crippen molar-refractivity contribution >= 4 is 41.0 Å². The Balaban J connectivity index is 1.81. The van der Waals surface area contributed by atoms with Gasteiger partial charge in [-0.05, 0) is 44.2 Å². The Hall–Kier alpha value is -3.40. The molecule has 38 heavy (non-hydrogen) atoms. The normalized spacial score (nSPS) is 18.4. The summed E-state index contributed by atoms with van der Waals surface area (Å²) in [7, 11) is 1.97. The third-order valence-corrected chi connectivity index (χ3v) is 7.48. The SMILES string of the molecule is CN1CCN(C(=O)CC2=C(C(=O)O)C(c3c(Cl)cccc3Cl)C(C(=O)O)=C(CCc3ccccn3)N2)CC1. The number of carboxylic acid groups (broad SMARTS) is 2. The summed E-state index contributed by atoms with van der Waals surface area (Å²) in [6, 6.07) is 10.1. The molecule has 1 aromatic carbocycles. The van der Waals surface area contributed by atoms with Gasteiger partial charge in [0.1, 0.15) is 0 Å². The minimum Gasteiger partial charge on any atom is -0.478 e. The quantitative estimate of drug-likeness (QED) is 0.449. The molecule has 200 valence electrons. The molecular weight excluding hydrogens is 531 g/mol. The first kappa shape index (κ1) is 27.6. The van der Waals surface area contributed by atoms with Crippen LogP contribution in [-0.4, -0.2) is 76.1 Å². The maximum Gasteiger partial charge on any atom is 0.334 e. The van der Waals surface area contributed by atoms with Gasteiger partial charge in [-0.15, -0.1) is 0 Å². The van der Waals surface area contributed by atoms with Crippen LogP contribution in [-0.2, 0) is 20.8 Å². The second kappa shape index (κ2) is 12.0. The fraction of sp³-hybridized carbons (Fsp3) is 0.333. The maximum atomic E-state index is 13.3. The summed E-state index contributed by atoms with van der Waals surface area (Å²) in [6.45, 7) is 2.46. The highest BCUT2D eigenvalue weighted by molar-refractivity contribution is 6.36. The van der Waals surface area contributed by atoms with E-state index in [0.717, 1.165) is 5.69 Å². The summed E-state index contributed by atoms with van der Waals surface area (Å²) in [4.78, 5) is 46.7. The van der Waals surface area contributed by atoms with Crippen molar-refractivity contribution in [2.24, 2.45) is 0 Å². The molecule has 2 aliphatic heterocycles. The zero-order valence-corrected chi connectivity index (χ0v) is 22.3. The van der Waals surface area contributed by atoms with Gasteiger partial charge < -0.3 is 25.3 Å². The summed E-state index contributed by atoms with van der Waals surface area (Å²) in [5, 5.41) is 24.0. The van der Waals surface area contributed by atoms with Crippen LogP contribution in [0.1, 0.15) is 30.0 Å². The molecule has 1 amide bonds. The van der Waals surface area contributed by atoms with Crippen molar-refractivity contribution in [1.29, 1.82) is 0 Å². The van der Waals surface area contributed by atoms with Gasteiger partial charge >= 0.3 is 11.9 Å². The lowest BCUT2D eigenvalue weighted by Crippen LogP contribution is -2.47. The molecule has 11 heteroatoms. The Morgan fingerprint density at radius 3 is 2.13 bits per heavy atom. The molecule has 3 N–H and O–H groups in total. The van der Waals surface area contributed by atoms with Crippen molar-refractivity contribution in [2.45, 2.75) is 25.2 Å². The van der Waals surface area contributed by atoms with Crippen molar-refractivity contribution in [1.82, 2.24) is 20.1 Å². The third-order valence-electron chi connectivity index (χ3n) is 6.82. The number of rotatable bonds is 8. The Kier molecular flexibility index (Phi) is 8.71. The smallest absolute Gasteiger partial charge is 0.334 e. The molecule has 0 aliphatic carbocycles. The summed E-state index contributed by atoms with van der Waals surface area (Å²) in [6.07, 6.45) is 2.02. The molecule has 0 saturated carbocycles. The standard InChI is InChI=1S/C27H28Cl2N4O5/c1-32-11-13-33(14-12-32)21(34)15-20-24(27(37)38)25(22-17(28)6-4-7-18(22)29)23(26(35)36)19(31-20)9-8-16-5-2-3-10-30-16/h2-7,10,25,31H,8-9,11-15H2,1H3,(H,35,36)(H,37,38). The molecule has 0 bridgehead atoms. The number of pyridine rings is 1. The van der Waals surface area contributed by atoms with Crippen LogP contribution in [0.25, 0.3) is 0 Å². The molecule has 1 unspecified atom stereocenters. The van der Waals surface area contributed by atoms with Crippen LogP contribution < -0.4 is 5.32 Å². The van der Waals surface area contributed by atoms with E-state index in [1.807, 2.05) is 19.2 Å². The molecule has 4 rings (SSSR count). The van der Waals surface area contributed by atoms with Gasteiger partial charge in [0.05, 0.1) is 23.5 Å². The molecule has 1 atom stereocenters. The number of carbonyl (C=O) groups is 3. The van der Waals surface area contributed by atoms with E-state index in [-0.39, 0.29) is 56.9 Å². The van der Waals surface area contributed by atoms with Gasteiger partial charge in [-0.1, -0.05) is 35.3 Å². The number of nitrogens with zero attached hydrogens (tertiary/aromatic N) is 3. The number of carbonyl (C=O) groups excluding carboxylic acids is 1. The van der Waals surface area contributed by atoms with Crippen LogP contribution in [0.5, 0.6) is 0 Å². The van der Waals surface area contributed by atoms with E-state index >= 15 is 0 Å². The Morgan fingerprint density at radius 1 is 0.921 bits per heavy atom. The number of aromatic nitrogens is 1. The number of aliphatic carboxylic acids is 2. The molecule has 1 fully saturated rings. The number of amides is 1. The lowest BCUT2D eigenvalue weighted by atomic mass is 9.78. The van der Waals surface area contributed by atoms with E-state index in [1.54, 1.807) is 23.2 Å². The van der Waals surface area contributed by atoms with Gasteiger partial charge in [0.25, 0.3) is 0 Å². The van der Waals surface area contributed by atoms with Crippen molar-refractivity contribution in [3.63, 3.8) is 0 Å². The Morgan fingerprint density at radius 2 is 1.55 bits per heavy atom. The van der Waals surface area contributed by atoms with E-state index in [9.17, 15) is 24.6 Å². The average molecular weight is 559 g/mol. The van der Waals surface area contributed by atoms with Crippen molar-refractivity contribution in [3.8, 4) is 0 Å². The van der Waals surface area contributed by atoms with Gasteiger partial charge in [-0.2, -0.15) is 0 Å². The molecule has 9 nitrogen and oxygen atoms in total. The maximum absolute atomic E-state index is 13.3. The lowest BCUT2D eigenvalue weighted by molar-refractivity contribution is -0.133. The number of allylic oxidation sites excluding steroid dienone is 1. The van der Waals surface area contributed by atoms with Crippen LogP contribution in [0.2, 0.25) is 10.0 Å². The zero-order valence-electron chi connectivity index (χ0n) is 20.8. The summed E-state index contributed by atoms with van der Waals surface area (Å²) >= 11 is 13.0. The van der Waals surface area contributed by atoms with Crippen LogP contribution in [0.15, 0.2) is 65.1 Å². The summed E-state index contributed by atoms with van der Waals surface area (Å²) in [5.41, 5.74) is 0.887. The predicted octanol–water partition coefficient (Wildman–Crippen LogP) is 3.55. The highest BCUT2D eigenvalue weighted by atomic mass is 35.5. The molecule has 0 radical (unpaired) electrons. The number of dihydropyridines is 1. The second-order valence-electron chi connectivity index (χ2n) is 9.27. The van der Waals surface area contributed by atoms with Crippen molar-refractivity contribution in [3.05, 3.63) is 86.4 Å². The molecule has 1 saturated heterocycles. The summed E-state index contributed by atoms with van der Waals surface area (Å²) < 4.78 is 0. The zero-order chi connectivity index (χ0) is 27.4. The summed E-state index contributed by atoms with van der Waals surface area (Å²) in [5.74, 6) is -4.20. The minimum atomic E-state index is -1.36. The Bertz CT molecular complexity index is 1280. The number of piperazine rings is 1. The molecule has 0 spiro atoms.